The van der Waals surface area contributed by atoms with Crippen LogP contribution in [0.4, 0.5) is 0 Å². The molecule has 4 heteroatoms. The van der Waals surface area contributed by atoms with Crippen LogP contribution in [0.25, 0.3) is 101 Å². The first-order chi connectivity index (χ1) is 27.2. The zero-order valence-electron chi connectivity index (χ0n) is 29.8. The molecule has 0 atom stereocenters. The lowest BCUT2D eigenvalue weighted by Crippen LogP contribution is -2.01. The normalized spacial score (nSPS) is 11.3. The predicted octanol–water partition coefficient (Wildman–Crippen LogP) is 13.4. The predicted molar refractivity (Wildman–Crippen MR) is 225 cm³/mol. The van der Waals surface area contributed by atoms with Crippen LogP contribution >= 0.6 is 0 Å². The number of hydrogen-bond acceptors (Lipinski definition) is 4. The zero-order valence-corrected chi connectivity index (χ0v) is 29.8. The molecule has 0 aliphatic heterocycles. The van der Waals surface area contributed by atoms with Crippen LogP contribution in [0.3, 0.4) is 0 Å². The number of nitrogens with zero attached hydrogens (tertiary/aromatic N) is 3. The third kappa shape index (κ3) is 6.16. The monoisotopic (exact) mass is 703 g/mol. The van der Waals surface area contributed by atoms with Gasteiger partial charge in [-0.15, -0.1) is 0 Å². The summed E-state index contributed by atoms with van der Waals surface area (Å²) in [5, 5.41) is 1.99. The molecule has 8 aromatic carbocycles. The highest BCUT2D eigenvalue weighted by atomic mass is 16.3. The van der Waals surface area contributed by atoms with Crippen LogP contribution in [0, 0.1) is 0 Å². The maximum Gasteiger partial charge on any atom is 0.165 e. The zero-order chi connectivity index (χ0) is 36.6. The molecular formula is C51H33N3O. The number of benzene rings is 8. The summed E-state index contributed by atoms with van der Waals surface area (Å²) in [4.78, 5) is 15.6. The number of rotatable bonds is 7. The SMILES string of the molecule is c1ccc(-c2ccc(-c3ccc(-c4nc(-c5ccccc5)nc(-c5c(-c6ccc(-c7ccccc7)cc6)ccc6oc7ccccc7c56)n4)cc3)cc2)cc1. The molecule has 0 N–H and O–H groups in total. The van der Waals surface area contributed by atoms with E-state index >= 15 is 0 Å². The van der Waals surface area contributed by atoms with Gasteiger partial charge in [0.05, 0.1) is 0 Å². The van der Waals surface area contributed by atoms with Gasteiger partial charge in [-0.05, 0) is 62.7 Å². The molecule has 0 saturated heterocycles. The lowest BCUT2D eigenvalue weighted by Gasteiger charge is -2.14. The quantitative estimate of drug-likeness (QED) is 0.166. The number of fused-ring (bicyclic) bond motifs is 3. The molecule has 0 radical (unpaired) electrons. The number of hydrogen-bond donors (Lipinski definition) is 0. The minimum absolute atomic E-state index is 0.587. The molecule has 0 amide bonds. The van der Waals surface area contributed by atoms with E-state index in [1.807, 2.05) is 60.7 Å². The van der Waals surface area contributed by atoms with E-state index in [1.165, 1.54) is 16.7 Å². The fourth-order valence-corrected chi connectivity index (χ4v) is 7.39. The van der Waals surface area contributed by atoms with E-state index in [4.69, 9.17) is 19.4 Å². The summed E-state index contributed by atoms with van der Waals surface area (Å²) in [6.07, 6.45) is 0. The lowest BCUT2D eigenvalue weighted by atomic mass is 9.93. The van der Waals surface area contributed by atoms with Crippen molar-refractivity contribution in [3.63, 3.8) is 0 Å². The van der Waals surface area contributed by atoms with Crippen LogP contribution in [0.1, 0.15) is 0 Å². The summed E-state index contributed by atoms with van der Waals surface area (Å²) in [6, 6.07) is 69.3. The Kier molecular flexibility index (Phi) is 8.12. The van der Waals surface area contributed by atoms with Gasteiger partial charge in [0.2, 0.25) is 0 Å². The fourth-order valence-electron chi connectivity index (χ4n) is 7.39. The first-order valence-corrected chi connectivity index (χ1v) is 18.4. The van der Waals surface area contributed by atoms with Crippen molar-refractivity contribution in [2.75, 3.05) is 0 Å². The molecule has 4 nitrogen and oxygen atoms in total. The average molecular weight is 704 g/mol. The van der Waals surface area contributed by atoms with Crippen molar-refractivity contribution in [3.05, 3.63) is 200 Å². The Labute approximate surface area is 319 Å². The van der Waals surface area contributed by atoms with Crippen molar-refractivity contribution in [1.82, 2.24) is 15.0 Å². The third-order valence-electron chi connectivity index (χ3n) is 10.2. The molecule has 2 heterocycles. The molecule has 0 aliphatic rings. The Morgan fingerprint density at radius 1 is 0.273 bits per heavy atom. The maximum absolute atomic E-state index is 6.43. The minimum atomic E-state index is 0.587. The second kappa shape index (κ2) is 13.8. The first kappa shape index (κ1) is 32.2. The molecule has 10 rings (SSSR count). The van der Waals surface area contributed by atoms with Crippen molar-refractivity contribution in [2.24, 2.45) is 0 Å². The molecule has 0 fully saturated rings. The van der Waals surface area contributed by atoms with Crippen LogP contribution < -0.4 is 0 Å². The molecule has 0 spiro atoms. The number of furan rings is 1. The molecule has 0 unspecified atom stereocenters. The van der Waals surface area contributed by atoms with E-state index < -0.39 is 0 Å². The van der Waals surface area contributed by atoms with Crippen molar-refractivity contribution < 1.29 is 4.42 Å². The summed E-state index contributed by atoms with van der Waals surface area (Å²) < 4.78 is 6.43. The average Bonchev–Trinajstić information content (AvgIpc) is 3.66. The van der Waals surface area contributed by atoms with E-state index in [1.54, 1.807) is 0 Å². The van der Waals surface area contributed by atoms with Gasteiger partial charge < -0.3 is 4.42 Å². The second-order valence-corrected chi connectivity index (χ2v) is 13.6. The van der Waals surface area contributed by atoms with Crippen molar-refractivity contribution in [2.45, 2.75) is 0 Å². The van der Waals surface area contributed by atoms with E-state index in [0.29, 0.717) is 17.5 Å². The summed E-state index contributed by atoms with van der Waals surface area (Å²) in [6.45, 7) is 0. The van der Waals surface area contributed by atoms with Crippen LogP contribution in [-0.4, -0.2) is 15.0 Å². The smallest absolute Gasteiger partial charge is 0.165 e. The Morgan fingerprint density at radius 2 is 0.655 bits per heavy atom. The third-order valence-corrected chi connectivity index (χ3v) is 10.2. The Morgan fingerprint density at radius 3 is 1.18 bits per heavy atom. The highest BCUT2D eigenvalue weighted by Crippen LogP contribution is 2.43. The van der Waals surface area contributed by atoms with Gasteiger partial charge in [0, 0.05) is 27.5 Å². The lowest BCUT2D eigenvalue weighted by molar-refractivity contribution is 0.669. The highest BCUT2D eigenvalue weighted by Gasteiger charge is 2.22. The second-order valence-electron chi connectivity index (χ2n) is 13.6. The summed E-state index contributed by atoms with van der Waals surface area (Å²) >= 11 is 0. The molecule has 2 aromatic heterocycles. The van der Waals surface area contributed by atoms with E-state index in [2.05, 4.69) is 140 Å². The van der Waals surface area contributed by atoms with Gasteiger partial charge in [-0.1, -0.05) is 182 Å². The Balaban J connectivity index is 1.12. The molecule has 258 valence electrons. The summed E-state index contributed by atoms with van der Waals surface area (Å²) in [5.74, 6) is 1.80. The van der Waals surface area contributed by atoms with Gasteiger partial charge in [0.25, 0.3) is 0 Å². The van der Waals surface area contributed by atoms with E-state index in [-0.39, 0.29) is 0 Å². The highest BCUT2D eigenvalue weighted by molar-refractivity contribution is 6.15. The van der Waals surface area contributed by atoms with Gasteiger partial charge in [-0.3, -0.25) is 0 Å². The van der Waals surface area contributed by atoms with Crippen LogP contribution in [0.2, 0.25) is 0 Å². The van der Waals surface area contributed by atoms with E-state index in [0.717, 1.165) is 66.4 Å². The van der Waals surface area contributed by atoms with Crippen molar-refractivity contribution in [1.29, 1.82) is 0 Å². The number of para-hydroxylation sites is 1. The number of aromatic nitrogens is 3. The molecule has 0 bridgehead atoms. The van der Waals surface area contributed by atoms with Crippen LogP contribution in [0.15, 0.2) is 205 Å². The minimum Gasteiger partial charge on any atom is -0.456 e. The van der Waals surface area contributed by atoms with Gasteiger partial charge in [0.1, 0.15) is 11.2 Å². The Bertz CT molecular complexity index is 2920. The molecule has 0 aliphatic carbocycles. The fraction of sp³-hybridized carbons (Fsp3) is 0. The van der Waals surface area contributed by atoms with Gasteiger partial charge in [-0.2, -0.15) is 0 Å². The Hall–Kier alpha value is -7.43. The molecule has 55 heavy (non-hydrogen) atoms. The molecule has 0 saturated carbocycles. The summed E-state index contributed by atoms with van der Waals surface area (Å²) in [7, 11) is 0. The van der Waals surface area contributed by atoms with Crippen molar-refractivity contribution in [3.8, 4) is 78.7 Å². The standard InChI is InChI=1S/C51H33N3O/c1-4-12-34(13-5-1)36-20-22-38(23-21-36)39-26-30-42(31-27-39)50-52-49(41-16-8-3-9-17-41)53-51(54-50)48-43(32-33-46-47(48)44-18-10-11-19-45(44)55-46)40-28-24-37(25-29-40)35-14-6-2-7-15-35/h1-33H. The topological polar surface area (TPSA) is 51.8 Å². The van der Waals surface area contributed by atoms with Gasteiger partial charge in [-0.25, -0.2) is 15.0 Å². The summed E-state index contributed by atoms with van der Waals surface area (Å²) in [5.41, 5.74) is 13.4. The van der Waals surface area contributed by atoms with Gasteiger partial charge >= 0.3 is 0 Å². The van der Waals surface area contributed by atoms with Crippen LogP contribution in [0.5, 0.6) is 0 Å². The largest absolute Gasteiger partial charge is 0.456 e. The molecular weight excluding hydrogens is 671 g/mol. The van der Waals surface area contributed by atoms with Crippen LogP contribution in [-0.2, 0) is 0 Å². The molecule has 10 aromatic rings. The van der Waals surface area contributed by atoms with E-state index in [9.17, 15) is 0 Å². The van der Waals surface area contributed by atoms with Crippen molar-refractivity contribution >= 4 is 21.9 Å². The maximum atomic E-state index is 6.43. The van der Waals surface area contributed by atoms with Gasteiger partial charge in [0.15, 0.2) is 17.5 Å². The first-order valence-electron chi connectivity index (χ1n) is 18.4.